The minimum Gasteiger partial charge on any atom is -0.393 e. The standard InChI is InChI=1S/C30H50O5/c1-18(8-9-23(32)26(4,5)33)19-10-12-27(6)20(19)16-21(31)24-28(27,7)13-11-22-25(2,3)30(34)15-14-29(22,24)17-35-30/h8,19-24,31-34H,9-17H2,1-7H3. The summed E-state index contributed by atoms with van der Waals surface area (Å²) in [5, 5.41) is 43.8. The first-order valence-corrected chi connectivity index (χ1v) is 14.1. The van der Waals surface area contributed by atoms with Crippen molar-refractivity contribution in [3.63, 3.8) is 0 Å². The van der Waals surface area contributed by atoms with E-state index >= 15 is 0 Å². The molecule has 6 fully saturated rings. The zero-order valence-electron chi connectivity index (χ0n) is 23.1. The number of hydrogen-bond acceptors (Lipinski definition) is 5. The number of allylic oxidation sites excluding steroid dienone is 1. The second-order valence-corrected chi connectivity index (χ2v) is 14.8. The van der Waals surface area contributed by atoms with E-state index < -0.39 is 17.5 Å². The van der Waals surface area contributed by atoms with Gasteiger partial charge in [-0.1, -0.05) is 39.3 Å². The zero-order chi connectivity index (χ0) is 25.8. The van der Waals surface area contributed by atoms with Gasteiger partial charge in [0, 0.05) is 17.3 Å². The van der Waals surface area contributed by atoms with Crippen LogP contribution >= 0.6 is 0 Å². The van der Waals surface area contributed by atoms with Crippen LogP contribution in [0.4, 0.5) is 0 Å². The maximum absolute atomic E-state index is 11.9. The lowest BCUT2D eigenvalue weighted by Crippen LogP contribution is -2.75. The maximum Gasteiger partial charge on any atom is 0.170 e. The predicted molar refractivity (Wildman–Crippen MR) is 136 cm³/mol. The van der Waals surface area contributed by atoms with Gasteiger partial charge in [0.15, 0.2) is 5.79 Å². The van der Waals surface area contributed by atoms with E-state index in [9.17, 15) is 20.4 Å². The molecule has 2 aliphatic heterocycles. The summed E-state index contributed by atoms with van der Waals surface area (Å²) in [5.74, 6) is 0.358. The average molecular weight is 491 g/mol. The lowest BCUT2D eigenvalue weighted by atomic mass is 9.33. The molecule has 4 saturated carbocycles. The molecule has 0 aromatic heterocycles. The normalized spacial score (nSPS) is 52.0. The SMILES string of the molecule is CC(=CCC(O)C(C)(C)O)C1CCC2(C)C1CC(O)C1C34CCC(O)(OC3)C(C)(C)C4CCC12C. The molecule has 0 amide bonds. The Balaban J connectivity index is 1.46. The Hall–Kier alpha value is -0.460. The highest BCUT2D eigenvalue weighted by molar-refractivity contribution is 5.24. The molecule has 4 N–H and O–H groups in total. The molecule has 200 valence electrons. The van der Waals surface area contributed by atoms with Crippen LogP contribution in [0.5, 0.6) is 0 Å². The lowest BCUT2D eigenvalue weighted by molar-refractivity contribution is -0.404. The molecule has 2 saturated heterocycles. The second-order valence-electron chi connectivity index (χ2n) is 14.8. The zero-order valence-corrected chi connectivity index (χ0v) is 23.1. The van der Waals surface area contributed by atoms with Crippen LogP contribution in [0.3, 0.4) is 0 Å². The molecule has 0 radical (unpaired) electrons. The highest BCUT2D eigenvalue weighted by atomic mass is 16.6. The summed E-state index contributed by atoms with van der Waals surface area (Å²) in [6, 6.07) is 0. The Labute approximate surface area is 212 Å². The summed E-state index contributed by atoms with van der Waals surface area (Å²) >= 11 is 0. The summed E-state index contributed by atoms with van der Waals surface area (Å²) < 4.78 is 6.26. The number of ether oxygens (including phenoxy) is 1. The molecule has 1 spiro atoms. The van der Waals surface area contributed by atoms with Crippen molar-refractivity contribution in [1.82, 2.24) is 0 Å². The topological polar surface area (TPSA) is 90.2 Å². The van der Waals surface area contributed by atoms with Crippen molar-refractivity contribution >= 4 is 0 Å². The van der Waals surface area contributed by atoms with Crippen LogP contribution in [-0.2, 0) is 4.74 Å². The molecular weight excluding hydrogens is 440 g/mol. The van der Waals surface area contributed by atoms with Gasteiger partial charge in [-0.05, 0) is 100 Å². The summed E-state index contributed by atoms with van der Waals surface area (Å²) in [6.07, 6.45) is 8.37. The average Bonchev–Trinajstić information content (AvgIpc) is 3.10. The Bertz CT molecular complexity index is 878. The van der Waals surface area contributed by atoms with Crippen molar-refractivity contribution in [2.24, 2.45) is 45.3 Å². The van der Waals surface area contributed by atoms with Crippen molar-refractivity contribution < 1.29 is 25.2 Å². The van der Waals surface area contributed by atoms with Gasteiger partial charge in [-0.2, -0.15) is 0 Å². The predicted octanol–water partition coefficient (Wildman–Crippen LogP) is 4.81. The summed E-state index contributed by atoms with van der Waals surface area (Å²) in [7, 11) is 0. The number of hydrogen-bond donors (Lipinski definition) is 4. The van der Waals surface area contributed by atoms with E-state index in [1.54, 1.807) is 13.8 Å². The van der Waals surface area contributed by atoms with E-state index in [0.717, 1.165) is 38.5 Å². The largest absolute Gasteiger partial charge is 0.393 e. The van der Waals surface area contributed by atoms with Crippen LogP contribution in [0.1, 0.15) is 99.8 Å². The minimum atomic E-state index is -1.11. The highest BCUT2D eigenvalue weighted by Gasteiger charge is 2.75. The van der Waals surface area contributed by atoms with Crippen molar-refractivity contribution in [2.75, 3.05) is 6.61 Å². The summed E-state index contributed by atoms with van der Waals surface area (Å²) in [4.78, 5) is 0. The Morgan fingerprint density at radius 3 is 2.31 bits per heavy atom. The number of aliphatic hydroxyl groups is 4. The van der Waals surface area contributed by atoms with Crippen LogP contribution in [-0.4, -0.2) is 50.6 Å². The van der Waals surface area contributed by atoms with E-state index in [1.807, 2.05) is 0 Å². The Kier molecular flexibility index (Phi) is 5.82. The third-order valence-electron chi connectivity index (χ3n) is 12.9. The van der Waals surface area contributed by atoms with Gasteiger partial charge >= 0.3 is 0 Å². The van der Waals surface area contributed by atoms with Crippen molar-refractivity contribution in [3.05, 3.63) is 11.6 Å². The molecule has 6 rings (SSSR count). The second kappa shape index (κ2) is 7.79. The van der Waals surface area contributed by atoms with Gasteiger partial charge in [0.25, 0.3) is 0 Å². The smallest absolute Gasteiger partial charge is 0.170 e. The van der Waals surface area contributed by atoms with Gasteiger partial charge in [0.2, 0.25) is 0 Å². The molecule has 0 aromatic carbocycles. The third kappa shape index (κ3) is 3.30. The van der Waals surface area contributed by atoms with Gasteiger partial charge in [0.1, 0.15) is 0 Å². The van der Waals surface area contributed by atoms with E-state index in [4.69, 9.17) is 4.74 Å². The van der Waals surface area contributed by atoms with Crippen LogP contribution in [0.2, 0.25) is 0 Å². The van der Waals surface area contributed by atoms with Gasteiger partial charge < -0.3 is 25.2 Å². The molecule has 10 unspecified atom stereocenters. The molecule has 0 aromatic rings. The van der Waals surface area contributed by atoms with E-state index in [2.05, 4.69) is 40.7 Å². The van der Waals surface area contributed by atoms with Crippen molar-refractivity contribution in [1.29, 1.82) is 0 Å². The third-order valence-corrected chi connectivity index (χ3v) is 12.9. The number of aliphatic hydroxyl groups excluding tert-OH is 2. The fraction of sp³-hybridized carbons (Fsp3) is 0.933. The molecule has 6 aliphatic rings. The van der Waals surface area contributed by atoms with Gasteiger partial charge in [-0.3, -0.25) is 0 Å². The molecule has 35 heavy (non-hydrogen) atoms. The molecule has 4 aliphatic carbocycles. The fourth-order valence-electron chi connectivity index (χ4n) is 10.5. The summed E-state index contributed by atoms with van der Waals surface area (Å²) in [5.41, 5.74) is -0.00822. The number of fused-ring (bicyclic) bond motifs is 5. The monoisotopic (exact) mass is 490 g/mol. The first-order valence-electron chi connectivity index (χ1n) is 14.1. The first kappa shape index (κ1) is 26.2. The van der Waals surface area contributed by atoms with Gasteiger partial charge in [0.05, 0.1) is 24.4 Å². The fourth-order valence-corrected chi connectivity index (χ4v) is 10.5. The molecular formula is C30H50O5. The highest BCUT2D eigenvalue weighted by Crippen LogP contribution is 2.77. The van der Waals surface area contributed by atoms with Crippen LogP contribution in [0.15, 0.2) is 11.6 Å². The van der Waals surface area contributed by atoms with E-state index in [1.165, 1.54) is 5.57 Å². The lowest BCUT2D eigenvalue weighted by Gasteiger charge is -2.74. The summed E-state index contributed by atoms with van der Waals surface area (Å²) in [6.45, 7) is 15.4. The van der Waals surface area contributed by atoms with Crippen LogP contribution in [0, 0.1) is 45.3 Å². The van der Waals surface area contributed by atoms with Crippen LogP contribution in [0.25, 0.3) is 0 Å². The van der Waals surface area contributed by atoms with Gasteiger partial charge in [-0.15, -0.1) is 0 Å². The molecule has 5 nitrogen and oxygen atoms in total. The molecule has 10 atom stereocenters. The Morgan fingerprint density at radius 1 is 1.06 bits per heavy atom. The number of rotatable bonds is 4. The Morgan fingerprint density at radius 2 is 1.71 bits per heavy atom. The van der Waals surface area contributed by atoms with Crippen molar-refractivity contribution in [2.45, 2.75) is 123 Å². The van der Waals surface area contributed by atoms with Gasteiger partial charge in [-0.25, -0.2) is 0 Å². The van der Waals surface area contributed by atoms with E-state index in [0.29, 0.717) is 37.2 Å². The van der Waals surface area contributed by atoms with E-state index in [-0.39, 0.29) is 33.7 Å². The molecule has 2 bridgehead atoms. The van der Waals surface area contributed by atoms with Crippen LogP contribution < -0.4 is 0 Å². The first-order chi connectivity index (χ1) is 16.0. The van der Waals surface area contributed by atoms with Crippen molar-refractivity contribution in [3.8, 4) is 0 Å². The molecule has 5 heteroatoms. The molecule has 2 heterocycles. The minimum absolute atomic E-state index is 0.0275. The quantitative estimate of drug-likeness (QED) is 0.425. The maximum atomic E-state index is 11.9.